The molecule has 3 fully saturated rings. The van der Waals surface area contributed by atoms with Crippen molar-refractivity contribution in [3.05, 3.63) is 35.9 Å². The lowest BCUT2D eigenvalue weighted by molar-refractivity contribution is -0.136. The number of nitrogens with one attached hydrogen (secondary N) is 1. The van der Waals surface area contributed by atoms with E-state index in [2.05, 4.69) is 39.4 Å². The molecule has 0 saturated carbocycles. The van der Waals surface area contributed by atoms with Gasteiger partial charge >= 0.3 is 0 Å². The molecular weight excluding hydrogens is 377 g/mol. The van der Waals surface area contributed by atoms with Crippen LogP contribution < -0.4 is 5.32 Å². The van der Waals surface area contributed by atoms with Gasteiger partial charge < -0.3 is 10.2 Å². The number of likely N-dealkylation sites (tertiary alicyclic amines) is 1. The molecule has 25 heavy (non-hydrogen) atoms. The second-order valence-corrected chi connectivity index (χ2v) is 8.11. The van der Waals surface area contributed by atoms with Crippen LogP contribution in [0.15, 0.2) is 30.3 Å². The molecule has 1 amide bonds. The zero-order chi connectivity index (χ0) is 15.6. The van der Waals surface area contributed by atoms with Crippen molar-refractivity contribution in [3.8, 4) is 0 Å². The maximum absolute atomic E-state index is 13.3. The molecule has 1 unspecified atom stereocenters. The number of carbonyl (C=O) groups excluding carboxylic acids is 1. The minimum Gasteiger partial charge on any atom is -0.340 e. The largest absolute Gasteiger partial charge is 0.340 e. The van der Waals surface area contributed by atoms with Gasteiger partial charge in [0.25, 0.3) is 0 Å². The number of nitrogens with zero attached hydrogens (tertiary/aromatic N) is 2. The SMILES string of the molecule is Cl.Cl.O=C(C(c1ccccc1)N1CCSCC1)N1C[C@H]2CNC[C@H]2C1. The van der Waals surface area contributed by atoms with E-state index in [1.54, 1.807) is 0 Å². The lowest BCUT2D eigenvalue weighted by atomic mass is 10.0. The van der Waals surface area contributed by atoms with Crippen LogP contribution in [0.2, 0.25) is 0 Å². The third kappa shape index (κ3) is 4.45. The van der Waals surface area contributed by atoms with Gasteiger partial charge in [0, 0.05) is 50.8 Å². The summed E-state index contributed by atoms with van der Waals surface area (Å²) in [7, 11) is 0. The highest BCUT2D eigenvalue weighted by Crippen LogP contribution is 2.32. The van der Waals surface area contributed by atoms with Crippen LogP contribution >= 0.6 is 36.6 Å². The molecule has 0 bridgehead atoms. The summed E-state index contributed by atoms with van der Waals surface area (Å²) >= 11 is 1.99. The van der Waals surface area contributed by atoms with Crippen molar-refractivity contribution >= 4 is 42.5 Å². The Balaban J connectivity index is 0.00000113. The maximum atomic E-state index is 13.3. The van der Waals surface area contributed by atoms with Gasteiger partial charge in [-0.3, -0.25) is 9.69 Å². The van der Waals surface area contributed by atoms with Gasteiger partial charge in [-0.25, -0.2) is 0 Å². The summed E-state index contributed by atoms with van der Waals surface area (Å²) in [6.07, 6.45) is 0. The molecule has 3 heterocycles. The first kappa shape index (κ1) is 20.8. The van der Waals surface area contributed by atoms with E-state index in [0.29, 0.717) is 17.7 Å². The fourth-order valence-corrected chi connectivity index (χ4v) is 5.12. The van der Waals surface area contributed by atoms with Crippen LogP contribution in [0.25, 0.3) is 0 Å². The number of thioether (sulfide) groups is 1. The molecule has 4 nitrogen and oxygen atoms in total. The molecule has 0 aliphatic carbocycles. The Morgan fingerprint density at radius 3 is 2.24 bits per heavy atom. The second kappa shape index (κ2) is 9.47. The Labute approximate surface area is 166 Å². The summed E-state index contributed by atoms with van der Waals surface area (Å²) in [4.78, 5) is 17.9. The number of halogens is 2. The topological polar surface area (TPSA) is 35.6 Å². The van der Waals surface area contributed by atoms with E-state index in [4.69, 9.17) is 0 Å². The molecule has 1 aromatic rings. The first-order chi connectivity index (χ1) is 11.3. The third-order valence-corrected chi connectivity index (χ3v) is 6.40. The van der Waals surface area contributed by atoms with Crippen LogP contribution in [-0.4, -0.2) is 66.5 Å². The van der Waals surface area contributed by atoms with Crippen LogP contribution in [0.1, 0.15) is 11.6 Å². The quantitative estimate of drug-likeness (QED) is 0.839. The summed E-state index contributed by atoms with van der Waals surface area (Å²) in [5.74, 6) is 3.90. The highest BCUT2D eigenvalue weighted by atomic mass is 35.5. The molecule has 140 valence electrons. The van der Waals surface area contributed by atoms with Crippen molar-refractivity contribution in [2.45, 2.75) is 6.04 Å². The van der Waals surface area contributed by atoms with E-state index in [1.807, 2.05) is 17.8 Å². The lowest BCUT2D eigenvalue weighted by Crippen LogP contribution is -2.45. The van der Waals surface area contributed by atoms with Gasteiger partial charge in [-0.15, -0.1) is 24.8 Å². The fourth-order valence-electron chi connectivity index (χ4n) is 4.19. The molecule has 0 spiro atoms. The zero-order valence-electron chi connectivity index (χ0n) is 14.3. The number of fused-ring (bicyclic) bond motifs is 1. The second-order valence-electron chi connectivity index (χ2n) is 6.88. The van der Waals surface area contributed by atoms with E-state index in [-0.39, 0.29) is 30.9 Å². The average molecular weight is 404 g/mol. The zero-order valence-corrected chi connectivity index (χ0v) is 16.8. The number of rotatable bonds is 3. The van der Waals surface area contributed by atoms with Crippen LogP contribution in [-0.2, 0) is 4.79 Å². The van der Waals surface area contributed by atoms with Gasteiger partial charge in [0.15, 0.2) is 0 Å². The van der Waals surface area contributed by atoms with E-state index < -0.39 is 0 Å². The number of hydrogen-bond acceptors (Lipinski definition) is 4. The Morgan fingerprint density at radius 2 is 1.64 bits per heavy atom. The molecule has 3 atom stereocenters. The summed E-state index contributed by atoms with van der Waals surface area (Å²) in [6.45, 7) is 6.04. The molecule has 3 aliphatic heterocycles. The molecule has 7 heteroatoms. The third-order valence-electron chi connectivity index (χ3n) is 5.46. The number of benzene rings is 1. The summed E-state index contributed by atoms with van der Waals surface area (Å²) < 4.78 is 0. The van der Waals surface area contributed by atoms with Crippen LogP contribution in [0, 0.1) is 11.8 Å². The standard InChI is InChI=1S/C18H25N3OS.2ClH/c22-18(21-12-15-10-19-11-16(15)13-21)17(14-4-2-1-3-5-14)20-6-8-23-9-7-20;;/h1-5,15-17,19H,6-13H2;2*1H/t15-,16+,17?;;. The first-order valence-electron chi connectivity index (χ1n) is 8.69. The normalized spacial score (nSPS) is 27.1. The smallest absolute Gasteiger partial charge is 0.244 e. The monoisotopic (exact) mass is 403 g/mol. The van der Waals surface area contributed by atoms with Crippen molar-refractivity contribution in [1.82, 2.24) is 15.1 Å². The maximum Gasteiger partial charge on any atom is 0.244 e. The van der Waals surface area contributed by atoms with Crippen LogP contribution in [0.4, 0.5) is 0 Å². The van der Waals surface area contributed by atoms with Gasteiger partial charge in [-0.05, 0) is 17.4 Å². The van der Waals surface area contributed by atoms with Crippen molar-refractivity contribution in [1.29, 1.82) is 0 Å². The lowest BCUT2D eigenvalue weighted by Gasteiger charge is -2.36. The molecule has 1 N–H and O–H groups in total. The van der Waals surface area contributed by atoms with Gasteiger partial charge in [0.05, 0.1) is 0 Å². The molecule has 1 aromatic carbocycles. The number of carbonyl (C=O) groups is 1. The minimum absolute atomic E-state index is 0. The van der Waals surface area contributed by atoms with Crippen LogP contribution in [0.3, 0.4) is 0 Å². The number of hydrogen-bond donors (Lipinski definition) is 1. The minimum atomic E-state index is -0.0936. The van der Waals surface area contributed by atoms with Crippen molar-refractivity contribution < 1.29 is 4.79 Å². The van der Waals surface area contributed by atoms with Gasteiger partial charge in [0.1, 0.15) is 6.04 Å². The predicted octanol–water partition coefficient (Wildman–Crippen LogP) is 2.30. The number of amides is 1. The first-order valence-corrected chi connectivity index (χ1v) is 9.84. The molecule has 3 aliphatic rings. The Hall–Kier alpha value is -0.460. The highest BCUT2D eigenvalue weighted by Gasteiger charge is 2.41. The molecule has 0 radical (unpaired) electrons. The van der Waals surface area contributed by atoms with Crippen LogP contribution in [0.5, 0.6) is 0 Å². The van der Waals surface area contributed by atoms with E-state index >= 15 is 0 Å². The molecule has 0 aromatic heterocycles. The van der Waals surface area contributed by atoms with E-state index in [0.717, 1.165) is 56.3 Å². The Bertz CT molecular complexity index is 545. The van der Waals surface area contributed by atoms with Crippen molar-refractivity contribution in [2.24, 2.45) is 11.8 Å². The van der Waals surface area contributed by atoms with Gasteiger partial charge in [-0.1, -0.05) is 30.3 Å². The van der Waals surface area contributed by atoms with Crippen molar-refractivity contribution in [3.63, 3.8) is 0 Å². The fraction of sp³-hybridized carbons (Fsp3) is 0.611. The molecule has 4 rings (SSSR count). The highest BCUT2D eigenvalue weighted by molar-refractivity contribution is 7.99. The van der Waals surface area contributed by atoms with E-state index in [9.17, 15) is 4.79 Å². The Kier molecular flexibility index (Phi) is 7.90. The average Bonchev–Trinajstić information content (AvgIpc) is 3.19. The van der Waals surface area contributed by atoms with E-state index in [1.165, 1.54) is 0 Å². The summed E-state index contributed by atoms with van der Waals surface area (Å²) in [5.41, 5.74) is 1.15. The Morgan fingerprint density at radius 1 is 1.04 bits per heavy atom. The summed E-state index contributed by atoms with van der Waals surface area (Å²) in [5, 5.41) is 3.46. The summed E-state index contributed by atoms with van der Waals surface area (Å²) in [6, 6.07) is 10.3. The molecule has 3 saturated heterocycles. The predicted molar refractivity (Wildman–Crippen MR) is 109 cm³/mol. The molecular formula is C18H27Cl2N3OS. The van der Waals surface area contributed by atoms with Gasteiger partial charge in [-0.2, -0.15) is 11.8 Å². The van der Waals surface area contributed by atoms with Gasteiger partial charge in [0.2, 0.25) is 5.91 Å². The van der Waals surface area contributed by atoms with Crippen molar-refractivity contribution in [2.75, 3.05) is 50.8 Å².